The Morgan fingerprint density at radius 2 is 2.25 bits per heavy atom. The Hall–Kier alpha value is 0.532. The van der Waals surface area contributed by atoms with E-state index >= 15 is 0 Å². The van der Waals surface area contributed by atoms with E-state index in [1.54, 1.807) is 5.28 Å². The van der Waals surface area contributed by atoms with Crippen LogP contribution in [0, 0.1) is 0 Å². The van der Waals surface area contributed by atoms with E-state index in [2.05, 4.69) is 6.92 Å². The maximum atomic E-state index is 2.31. The van der Waals surface area contributed by atoms with Crippen LogP contribution in [0.4, 0.5) is 0 Å². The molecule has 1 saturated heterocycles. The Kier molecular flexibility index (Phi) is 0.509. The van der Waals surface area contributed by atoms with E-state index in [0.29, 0.717) is 0 Å². The minimum absolute atomic E-state index is 0.949. The van der Waals surface area contributed by atoms with Crippen molar-refractivity contribution in [3.8, 4) is 0 Å². The maximum absolute atomic E-state index is 2.31. The molecule has 0 bridgehead atoms. The first-order valence-corrected chi connectivity index (χ1v) is 3.21. The van der Waals surface area contributed by atoms with Gasteiger partial charge in [0.1, 0.15) is 0 Å². The van der Waals surface area contributed by atoms with E-state index in [9.17, 15) is 0 Å². The van der Waals surface area contributed by atoms with E-state index < -0.39 is 0 Å². The summed E-state index contributed by atoms with van der Waals surface area (Å²) >= 11 is 0.949. The summed E-state index contributed by atoms with van der Waals surface area (Å²) in [5, 5.41) is 1.57. The van der Waals surface area contributed by atoms with Gasteiger partial charge < -0.3 is 0 Å². The molecule has 0 aromatic heterocycles. The van der Waals surface area contributed by atoms with Crippen molar-refractivity contribution in [2.75, 3.05) is 0 Å². The topological polar surface area (TPSA) is 0 Å². The monoisotopic (exact) mass is 69.0 g/mol. The molecule has 0 aliphatic carbocycles. The van der Waals surface area contributed by atoms with Gasteiger partial charge in [0.25, 0.3) is 0 Å². The number of rotatable bonds is 0. The van der Waals surface area contributed by atoms with Gasteiger partial charge in [-0.1, -0.05) is 0 Å². The predicted molar refractivity (Wildman–Crippen MR) is 20.0 cm³/mol. The number of hydrogen-bond donors (Lipinski definition) is 0. The normalized spacial score (nSPS) is 35.8. The van der Waals surface area contributed by atoms with Crippen LogP contribution >= 0.6 is 0 Å². The molecular formula is C3H6Al+. The zero-order valence-electron chi connectivity index (χ0n) is 2.86. The van der Waals surface area contributed by atoms with Gasteiger partial charge >= 0.3 is 32.2 Å². The molecular weight excluding hydrogens is 63.0 g/mol. The Balaban J connectivity index is 2.17. The molecule has 0 amide bonds. The molecule has 0 N–H and O–H groups in total. The van der Waals surface area contributed by atoms with Crippen molar-refractivity contribution < 1.29 is 0 Å². The fraction of sp³-hybridized carbons (Fsp3) is 1.00. The van der Waals surface area contributed by atoms with Crippen LogP contribution in [0.1, 0.15) is 6.92 Å². The average molecular weight is 69.1 g/mol. The van der Waals surface area contributed by atoms with Crippen molar-refractivity contribution in [2.45, 2.75) is 17.0 Å². The summed E-state index contributed by atoms with van der Waals surface area (Å²) in [7, 11) is 0. The van der Waals surface area contributed by atoms with Crippen LogP contribution in [0.25, 0.3) is 0 Å². The van der Waals surface area contributed by atoms with Gasteiger partial charge in [-0.15, -0.1) is 0 Å². The molecule has 1 unspecified atom stereocenters. The molecule has 1 heterocycles. The summed E-state index contributed by atoms with van der Waals surface area (Å²) in [5.41, 5.74) is 0. The fourth-order valence-electron chi connectivity index (χ4n) is 0.136. The van der Waals surface area contributed by atoms with Crippen LogP contribution < -0.4 is 0 Å². The zero-order valence-corrected chi connectivity index (χ0v) is 4.02. The second kappa shape index (κ2) is 0.740. The van der Waals surface area contributed by atoms with E-state index in [0.717, 1.165) is 15.2 Å². The molecule has 0 nitrogen and oxygen atoms in total. The molecule has 0 saturated carbocycles. The molecule has 1 rings (SSSR count). The van der Waals surface area contributed by atoms with Crippen LogP contribution in [0.5, 0.6) is 0 Å². The standard InChI is InChI=1S/C3H6.Al/c1-3-2;/h3H,1H2,2H3;/q;+1. The molecule has 4 heavy (non-hydrogen) atoms. The fourth-order valence-corrected chi connectivity index (χ4v) is 0.408. The average Bonchev–Trinajstić information content (AvgIpc) is 1.75. The third kappa shape index (κ3) is 0.477. The first kappa shape index (κ1) is 2.75. The molecule has 0 aromatic rings. The van der Waals surface area contributed by atoms with Crippen molar-refractivity contribution in [1.29, 1.82) is 0 Å². The molecule has 1 aliphatic rings. The van der Waals surface area contributed by atoms with Gasteiger partial charge in [-0.3, -0.25) is 0 Å². The second-order valence-corrected chi connectivity index (χ2v) is 3.53. The van der Waals surface area contributed by atoms with Crippen molar-refractivity contribution in [3.63, 3.8) is 0 Å². The molecule has 1 heteroatoms. The molecule has 1 aliphatic heterocycles. The Morgan fingerprint density at radius 1 is 2.00 bits per heavy atom. The van der Waals surface area contributed by atoms with Crippen molar-refractivity contribution in [2.24, 2.45) is 0 Å². The zero-order chi connectivity index (χ0) is 2.99. The van der Waals surface area contributed by atoms with E-state index in [1.165, 1.54) is 4.78 Å². The van der Waals surface area contributed by atoms with Gasteiger partial charge in [0.15, 0.2) is 0 Å². The predicted octanol–water partition coefficient (Wildman–Crippen LogP) is 0.931. The van der Waals surface area contributed by atoms with E-state index in [4.69, 9.17) is 0 Å². The summed E-state index contributed by atoms with van der Waals surface area (Å²) in [5.74, 6) is 0. The van der Waals surface area contributed by atoms with Gasteiger partial charge in [-0.2, -0.15) is 0 Å². The third-order valence-corrected chi connectivity index (χ3v) is 2.12. The molecule has 20 valence electrons. The van der Waals surface area contributed by atoms with Crippen LogP contribution in [0.2, 0.25) is 10.1 Å². The number of hydrogen-bond acceptors (Lipinski definition) is 0. The SMILES string of the molecule is C[CH]1[CH2][Al+]1. The Morgan fingerprint density at radius 3 is 2.25 bits per heavy atom. The van der Waals surface area contributed by atoms with Gasteiger partial charge in [0.05, 0.1) is 0 Å². The van der Waals surface area contributed by atoms with Crippen molar-refractivity contribution in [3.05, 3.63) is 0 Å². The minimum atomic E-state index is 0.949. The van der Waals surface area contributed by atoms with Crippen LogP contribution in [0.3, 0.4) is 0 Å². The molecule has 0 spiro atoms. The van der Waals surface area contributed by atoms with Gasteiger partial charge in [-0.05, 0) is 0 Å². The summed E-state index contributed by atoms with van der Waals surface area (Å²) in [6, 6.07) is 0. The first-order chi connectivity index (χ1) is 1.89. The van der Waals surface area contributed by atoms with Crippen LogP contribution in [-0.4, -0.2) is 15.2 Å². The van der Waals surface area contributed by atoms with Gasteiger partial charge in [0.2, 0.25) is 0 Å². The summed E-state index contributed by atoms with van der Waals surface area (Å²) in [4.78, 5) is 0. The van der Waals surface area contributed by atoms with Crippen LogP contribution in [-0.2, 0) is 0 Å². The summed E-state index contributed by atoms with van der Waals surface area (Å²) < 4.78 is 1.17. The Bertz CT molecular complexity index is 22.5. The second-order valence-electron chi connectivity index (χ2n) is 1.45. The van der Waals surface area contributed by atoms with E-state index in [1.807, 2.05) is 0 Å². The van der Waals surface area contributed by atoms with Gasteiger partial charge in [-0.25, -0.2) is 0 Å². The van der Waals surface area contributed by atoms with Gasteiger partial charge in [0, 0.05) is 0 Å². The third-order valence-electron chi connectivity index (χ3n) is 0.707. The molecule has 0 radical (unpaired) electrons. The van der Waals surface area contributed by atoms with Crippen molar-refractivity contribution in [1.82, 2.24) is 0 Å². The quantitative estimate of drug-likeness (QED) is 0.371. The molecule has 0 aromatic carbocycles. The van der Waals surface area contributed by atoms with Crippen LogP contribution in [0.15, 0.2) is 0 Å². The van der Waals surface area contributed by atoms with Crippen molar-refractivity contribution >= 4 is 15.2 Å². The molecule has 1 atom stereocenters. The molecule has 1 fully saturated rings. The van der Waals surface area contributed by atoms with E-state index in [-0.39, 0.29) is 0 Å². The Labute approximate surface area is 32.9 Å². The summed E-state index contributed by atoms with van der Waals surface area (Å²) in [6.45, 7) is 2.31. The first-order valence-electron chi connectivity index (χ1n) is 1.73. The summed E-state index contributed by atoms with van der Waals surface area (Å²) in [6.07, 6.45) is 0.